The Morgan fingerprint density at radius 1 is 0.750 bits per heavy atom. The van der Waals surface area contributed by atoms with E-state index in [0.717, 1.165) is 51.9 Å². The lowest BCUT2D eigenvalue weighted by atomic mass is 9.90. The monoisotopic (exact) mass is 392 g/mol. The van der Waals surface area contributed by atoms with E-state index in [4.69, 9.17) is 0 Å². The summed E-state index contributed by atoms with van der Waals surface area (Å²) in [7, 11) is 0. The van der Waals surface area contributed by atoms with Crippen molar-refractivity contribution >= 4 is 17.7 Å². The van der Waals surface area contributed by atoms with Crippen LogP contribution in [-0.2, 0) is 14.4 Å². The minimum atomic E-state index is -0.361. The third-order valence-corrected chi connectivity index (χ3v) is 6.27. The maximum atomic E-state index is 12.9. The van der Waals surface area contributed by atoms with Crippen LogP contribution in [0.2, 0.25) is 0 Å². The maximum absolute atomic E-state index is 12.9. The first-order valence-corrected chi connectivity index (χ1v) is 10.8. The van der Waals surface area contributed by atoms with Gasteiger partial charge in [0, 0.05) is 63.7 Å². The van der Waals surface area contributed by atoms with Crippen molar-refractivity contribution in [3.05, 3.63) is 0 Å². The average Bonchev–Trinajstić information content (AvgIpc) is 3.22. The molecule has 0 saturated carbocycles. The van der Waals surface area contributed by atoms with Crippen molar-refractivity contribution in [2.75, 3.05) is 58.9 Å². The second-order valence-electron chi connectivity index (χ2n) is 9.51. The number of hydrogen-bond acceptors (Lipinski definition) is 4. The molecule has 0 aliphatic carbocycles. The Morgan fingerprint density at radius 2 is 1.32 bits per heavy atom. The van der Waals surface area contributed by atoms with E-state index >= 15 is 0 Å². The van der Waals surface area contributed by atoms with E-state index in [9.17, 15) is 14.4 Å². The summed E-state index contributed by atoms with van der Waals surface area (Å²) in [6.45, 7) is 12.4. The van der Waals surface area contributed by atoms with E-state index in [1.165, 1.54) is 0 Å². The zero-order valence-corrected chi connectivity index (χ0v) is 17.8. The van der Waals surface area contributed by atoms with Gasteiger partial charge in [0.15, 0.2) is 0 Å². The van der Waals surface area contributed by atoms with Crippen LogP contribution in [0.4, 0.5) is 0 Å². The molecule has 3 rings (SSSR count). The largest absolute Gasteiger partial charge is 0.342 e. The van der Waals surface area contributed by atoms with Crippen LogP contribution >= 0.6 is 0 Å². The molecule has 0 aromatic heterocycles. The zero-order chi connectivity index (χ0) is 20.3. The molecule has 0 radical (unpaired) electrons. The van der Waals surface area contributed by atoms with Gasteiger partial charge < -0.3 is 14.7 Å². The lowest BCUT2D eigenvalue weighted by molar-refractivity contribution is -0.145. The quantitative estimate of drug-likeness (QED) is 0.720. The van der Waals surface area contributed by atoms with Crippen molar-refractivity contribution < 1.29 is 14.4 Å². The Morgan fingerprint density at radius 3 is 1.86 bits per heavy atom. The number of amides is 3. The van der Waals surface area contributed by atoms with Gasteiger partial charge in [-0.05, 0) is 25.7 Å². The van der Waals surface area contributed by atoms with Crippen LogP contribution in [0, 0.1) is 11.3 Å². The Balaban J connectivity index is 1.41. The fourth-order valence-corrected chi connectivity index (χ4v) is 4.45. The Bertz CT molecular complexity index is 579. The predicted molar refractivity (Wildman–Crippen MR) is 108 cm³/mol. The van der Waals surface area contributed by atoms with Crippen LogP contribution in [0.1, 0.15) is 46.5 Å². The van der Waals surface area contributed by atoms with Crippen molar-refractivity contribution in [3.63, 3.8) is 0 Å². The fraction of sp³-hybridized carbons (Fsp3) is 0.857. The molecular formula is C21H36N4O3. The standard InChI is InChI=1S/C21H36N4O3/c1-21(2,3)20(28)25-10-6-17(7-11-25)19(27)24-14-12-22(13-15-24)16-18(26)23-8-4-5-9-23/h17H,4-16H2,1-3H3. The van der Waals surface area contributed by atoms with Gasteiger partial charge in [0.05, 0.1) is 6.54 Å². The fourth-order valence-electron chi connectivity index (χ4n) is 4.45. The predicted octanol–water partition coefficient (Wildman–Crippen LogP) is 1.04. The van der Waals surface area contributed by atoms with Crippen molar-refractivity contribution in [2.24, 2.45) is 11.3 Å². The molecule has 0 atom stereocenters. The maximum Gasteiger partial charge on any atom is 0.236 e. The molecule has 0 aromatic carbocycles. The Labute approximate surface area is 169 Å². The number of piperazine rings is 1. The molecule has 3 saturated heterocycles. The highest BCUT2D eigenvalue weighted by atomic mass is 16.2. The molecule has 0 spiro atoms. The van der Waals surface area contributed by atoms with Gasteiger partial charge in [-0.3, -0.25) is 19.3 Å². The minimum absolute atomic E-state index is 0.0294. The van der Waals surface area contributed by atoms with Gasteiger partial charge in [-0.25, -0.2) is 0 Å². The first-order chi connectivity index (χ1) is 13.3. The molecule has 0 unspecified atom stereocenters. The number of carbonyl (C=O) groups excluding carboxylic acids is 3. The van der Waals surface area contributed by atoms with Crippen LogP contribution < -0.4 is 0 Å². The van der Waals surface area contributed by atoms with Crippen molar-refractivity contribution in [1.82, 2.24) is 19.6 Å². The average molecular weight is 393 g/mol. The summed E-state index contributed by atoms with van der Waals surface area (Å²) >= 11 is 0. The molecule has 3 aliphatic rings. The van der Waals surface area contributed by atoms with Crippen LogP contribution in [-0.4, -0.2) is 96.2 Å². The van der Waals surface area contributed by atoms with Crippen molar-refractivity contribution in [1.29, 1.82) is 0 Å². The molecule has 28 heavy (non-hydrogen) atoms. The summed E-state index contributed by atoms with van der Waals surface area (Å²) in [6.07, 6.45) is 3.75. The van der Waals surface area contributed by atoms with Gasteiger partial charge in [-0.15, -0.1) is 0 Å². The number of likely N-dealkylation sites (tertiary alicyclic amines) is 2. The summed E-state index contributed by atoms with van der Waals surface area (Å²) in [5.74, 6) is 0.665. The number of rotatable bonds is 3. The van der Waals surface area contributed by atoms with Gasteiger partial charge in [0.2, 0.25) is 17.7 Å². The molecule has 0 N–H and O–H groups in total. The van der Waals surface area contributed by atoms with Crippen LogP contribution in [0.3, 0.4) is 0 Å². The Hall–Kier alpha value is -1.63. The normalized spacial score (nSPS) is 22.6. The highest BCUT2D eigenvalue weighted by Crippen LogP contribution is 2.25. The SMILES string of the molecule is CC(C)(C)C(=O)N1CCC(C(=O)N2CCN(CC(=O)N3CCCC3)CC2)CC1. The topological polar surface area (TPSA) is 64.2 Å². The number of carbonyl (C=O) groups is 3. The van der Waals surface area contributed by atoms with Crippen LogP contribution in [0.5, 0.6) is 0 Å². The molecule has 0 bridgehead atoms. The second-order valence-corrected chi connectivity index (χ2v) is 9.51. The Kier molecular flexibility index (Phi) is 6.63. The number of nitrogens with zero attached hydrogens (tertiary/aromatic N) is 4. The molecule has 3 amide bonds. The smallest absolute Gasteiger partial charge is 0.236 e. The molecule has 7 heteroatoms. The van der Waals surface area contributed by atoms with Gasteiger partial charge in [0.1, 0.15) is 0 Å². The van der Waals surface area contributed by atoms with E-state index in [0.29, 0.717) is 32.7 Å². The van der Waals surface area contributed by atoms with Crippen molar-refractivity contribution in [3.8, 4) is 0 Å². The zero-order valence-electron chi connectivity index (χ0n) is 17.8. The summed E-state index contributed by atoms with van der Waals surface area (Å²) in [5, 5.41) is 0. The van der Waals surface area contributed by atoms with E-state index < -0.39 is 0 Å². The summed E-state index contributed by atoms with van der Waals surface area (Å²) in [6, 6.07) is 0. The van der Waals surface area contributed by atoms with Gasteiger partial charge >= 0.3 is 0 Å². The highest BCUT2D eigenvalue weighted by Gasteiger charge is 2.34. The van der Waals surface area contributed by atoms with E-state index in [2.05, 4.69) is 4.90 Å². The first-order valence-electron chi connectivity index (χ1n) is 10.8. The van der Waals surface area contributed by atoms with Gasteiger partial charge in [0.25, 0.3) is 0 Å². The van der Waals surface area contributed by atoms with Gasteiger partial charge in [-0.2, -0.15) is 0 Å². The number of piperidine rings is 1. The first kappa shape index (κ1) is 21.1. The summed E-state index contributed by atoms with van der Waals surface area (Å²) in [5.41, 5.74) is -0.361. The molecule has 3 heterocycles. The molecular weight excluding hydrogens is 356 g/mol. The molecule has 0 aromatic rings. The molecule has 3 fully saturated rings. The van der Waals surface area contributed by atoms with E-state index in [1.54, 1.807) is 0 Å². The lowest BCUT2D eigenvalue weighted by Crippen LogP contribution is -2.53. The van der Waals surface area contributed by atoms with E-state index in [1.807, 2.05) is 35.5 Å². The highest BCUT2D eigenvalue weighted by molar-refractivity contribution is 5.83. The molecule has 3 aliphatic heterocycles. The molecule has 158 valence electrons. The molecule has 7 nitrogen and oxygen atoms in total. The number of hydrogen-bond donors (Lipinski definition) is 0. The minimum Gasteiger partial charge on any atom is -0.342 e. The van der Waals surface area contributed by atoms with Crippen molar-refractivity contribution in [2.45, 2.75) is 46.5 Å². The third-order valence-electron chi connectivity index (χ3n) is 6.27. The third kappa shape index (κ3) is 5.04. The van der Waals surface area contributed by atoms with E-state index in [-0.39, 0.29) is 29.1 Å². The summed E-state index contributed by atoms with van der Waals surface area (Å²) < 4.78 is 0. The second kappa shape index (κ2) is 8.80. The van der Waals surface area contributed by atoms with Gasteiger partial charge in [-0.1, -0.05) is 20.8 Å². The lowest BCUT2D eigenvalue weighted by Gasteiger charge is -2.39. The van der Waals surface area contributed by atoms with Crippen LogP contribution in [0.25, 0.3) is 0 Å². The summed E-state index contributed by atoms with van der Waals surface area (Å²) in [4.78, 5) is 45.6. The van der Waals surface area contributed by atoms with Crippen LogP contribution in [0.15, 0.2) is 0 Å².